The third-order valence-corrected chi connectivity index (χ3v) is 6.29. The molecule has 1 aliphatic rings. The Morgan fingerprint density at radius 3 is 1.97 bits per heavy atom. The van der Waals surface area contributed by atoms with Gasteiger partial charge in [-0.05, 0) is 89.8 Å². The first-order valence-corrected chi connectivity index (χ1v) is 12.7. The smallest absolute Gasteiger partial charge is 0.120 e. The van der Waals surface area contributed by atoms with Crippen LogP contribution in [-0.2, 0) is 6.61 Å². The summed E-state index contributed by atoms with van der Waals surface area (Å²) in [5, 5.41) is 7.56. The van der Waals surface area contributed by atoms with Crippen molar-refractivity contribution in [2.24, 2.45) is 0 Å². The number of hydrogen-bond donors (Lipinski definition) is 2. The first-order valence-electron chi connectivity index (χ1n) is 12.7. The number of piperidine rings is 1. The molecule has 5 heteroatoms. The number of rotatable bonds is 13. The van der Waals surface area contributed by atoms with Crippen molar-refractivity contribution < 1.29 is 9.47 Å². The summed E-state index contributed by atoms with van der Waals surface area (Å²) >= 11 is 0. The van der Waals surface area contributed by atoms with E-state index in [9.17, 15) is 0 Å². The number of hydrogen-bond acceptors (Lipinski definition) is 4. The minimum atomic E-state index is 0. The van der Waals surface area contributed by atoms with E-state index < -0.39 is 0 Å². The quantitative estimate of drug-likeness (QED) is 0.300. The highest BCUT2D eigenvalue weighted by Crippen LogP contribution is 2.28. The maximum absolute atomic E-state index is 5.90. The molecular weight excluding hydrogens is 444 g/mol. The molecule has 4 nitrogen and oxygen atoms in total. The highest BCUT2D eigenvalue weighted by atomic mass is 35.5. The Labute approximate surface area is 213 Å². The second-order valence-electron chi connectivity index (χ2n) is 10.8. The monoisotopic (exact) mass is 488 g/mol. The lowest BCUT2D eigenvalue weighted by molar-refractivity contribution is 0.146. The van der Waals surface area contributed by atoms with Gasteiger partial charge in [-0.3, -0.25) is 0 Å². The van der Waals surface area contributed by atoms with E-state index in [0.29, 0.717) is 12.6 Å². The zero-order valence-electron chi connectivity index (χ0n) is 21.6. The predicted octanol–water partition coefficient (Wildman–Crippen LogP) is 6.92. The van der Waals surface area contributed by atoms with Crippen molar-refractivity contribution in [1.82, 2.24) is 10.6 Å². The van der Waals surface area contributed by atoms with Gasteiger partial charge in [0.2, 0.25) is 0 Å². The average Bonchev–Trinajstić information content (AvgIpc) is 2.76. The van der Waals surface area contributed by atoms with Crippen LogP contribution in [0.4, 0.5) is 0 Å². The van der Waals surface area contributed by atoms with E-state index in [2.05, 4.69) is 50.5 Å². The molecule has 0 radical (unpaired) electrons. The Morgan fingerprint density at radius 1 is 0.765 bits per heavy atom. The summed E-state index contributed by atoms with van der Waals surface area (Å²) in [5.74, 6) is 1.79. The highest BCUT2D eigenvalue weighted by Gasteiger charge is 2.37. The van der Waals surface area contributed by atoms with E-state index in [1.807, 2.05) is 42.5 Å². The van der Waals surface area contributed by atoms with Crippen LogP contribution in [-0.4, -0.2) is 30.3 Å². The largest absolute Gasteiger partial charge is 0.494 e. The predicted molar refractivity (Wildman–Crippen MR) is 145 cm³/mol. The molecule has 2 aromatic rings. The summed E-state index contributed by atoms with van der Waals surface area (Å²) in [7, 11) is 0. The average molecular weight is 489 g/mol. The first kappa shape index (κ1) is 28.5. The van der Waals surface area contributed by atoms with Gasteiger partial charge in [-0.2, -0.15) is 0 Å². The van der Waals surface area contributed by atoms with Crippen molar-refractivity contribution in [3.05, 3.63) is 60.2 Å². The molecule has 3 rings (SSSR count). The van der Waals surface area contributed by atoms with Crippen molar-refractivity contribution in [2.45, 2.75) is 96.4 Å². The fourth-order valence-electron chi connectivity index (χ4n) is 5.09. The SMILES string of the molecule is CC1(C)CC(NCCCCCCCOc2ccc(OCc3ccccc3)cc2)CC(C)(C)N1.Cl. The third kappa shape index (κ3) is 10.7. The second-order valence-corrected chi connectivity index (χ2v) is 10.8. The molecule has 0 spiro atoms. The van der Waals surface area contributed by atoms with Crippen LogP contribution in [0.3, 0.4) is 0 Å². The zero-order valence-corrected chi connectivity index (χ0v) is 22.4. The minimum absolute atomic E-state index is 0. The van der Waals surface area contributed by atoms with Gasteiger partial charge >= 0.3 is 0 Å². The Kier molecular flexibility index (Phi) is 11.7. The summed E-state index contributed by atoms with van der Waals surface area (Å²) in [6.45, 7) is 11.8. The lowest BCUT2D eigenvalue weighted by Crippen LogP contribution is -2.61. The van der Waals surface area contributed by atoms with Crippen LogP contribution in [0.25, 0.3) is 0 Å². The van der Waals surface area contributed by atoms with Gasteiger partial charge in [0, 0.05) is 17.1 Å². The van der Waals surface area contributed by atoms with E-state index in [0.717, 1.165) is 31.1 Å². The van der Waals surface area contributed by atoms with Crippen LogP contribution in [0.15, 0.2) is 54.6 Å². The maximum Gasteiger partial charge on any atom is 0.120 e. The molecule has 1 aliphatic heterocycles. The van der Waals surface area contributed by atoms with Gasteiger partial charge in [-0.1, -0.05) is 49.6 Å². The number of nitrogens with one attached hydrogen (secondary N) is 2. The van der Waals surface area contributed by atoms with E-state index in [1.54, 1.807) is 0 Å². The molecule has 0 aromatic heterocycles. The summed E-state index contributed by atoms with van der Waals surface area (Å²) < 4.78 is 11.7. The van der Waals surface area contributed by atoms with Gasteiger partial charge in [0.05, 0.1) is 6.61 Å². The molecule has 34 heavy (non-hydrogen) atoms. The first-order chi connectivity index (χ1) is 15.8. The molecule has 1 fully saturated rings. The van der Waals surface area contributed by atoms with Crippen molar-refractivity contribution in [1.29, 1.82) is 0 Å². The molecule has 190 valence electrons. The van der Waals surface area contributed by atoms with Crippen LogP contribution in [0, 0.1) is 0 Å². The van der Waals surface area contributed by atoms with Gasteiger partial charge in [0.1, 0.15) is 18.1 Å². The lowest BCUT2D eigenvalue weighted by Gasteiger charge is -2.46. The topological polar surface area (TPSA) is 42.5 Å². The number of unbranched alkanes of at least 4 members (excludes halogenated alkanes) is 4. The Balaban J connectivity index is 0.00000408. The van der Waals surface area contributed by atoms with Gasteiger partial charge in [0.15, 0.2) is 0 Å². The third-order valence-electron chi connectivity index (χ3n) is 6.29. The molecule has 1 heterocycles. The van der Waals surface area contributed by atoms with Crippen LogP contribution >= 0.6 is 12.4 Å². The van der Waals surface area contributed by atoms with Crippen molar-refractivity contribution in [3.63, 3.8) is 0 Å². The minimum Gasteiger partial charge on any atom is -0.494 e. The second kappa shape index (κ2) is 14.0. The summed E-state index contributed by atoms with van der Waals surface area (Å²) in [5.41, 5.74) is 1.61. The molecular formula is C29H45ClN2O2. The van der Waals surface area contributed by atoms with Crippen molar-refractivity contribution in [2.75, 3.05) is 13.2 Å². The normalized spacial score (nSPS) is 17.1. The van der Waals surface area contributed by atoms with Gasteiger partial charge < -0.3 is 20.1 Å². The zero-order chi connectivity index (χ0) is 23.6. The van der Waals surface area contributed by atoms with Crippen LogP contribution in [0.5, 0.6) is 11.5 Å². The van der Waals surface area contributed by atoms with Crippen LogP contribution in [0.2, 0.25) is 0 Å². The highest BCUT2D eigenvalue weighted by molar-refractivity contribution is 5.85. The molecule has 0 bridgehead atoms. The van der Waals surface area contributed by atoms with E-state index in [4.69, 9.17) is 9.47 Å². The lowest BCUT2D eigenvalue weighted by atomic mass is 9.79. The van der Waals surface area contributed by atoms with Gasteiger partial charge in [0.25, 0.3) is 0 Å². The fourth-order valence-corrected chi connectivity index (χ4v) is 5.09. The van der Waals surface area contributed by atoms with E-state index >= 15 is 0 Å². The Hall–Kier alpha value is -1.75. The number of ether oxygens (including phenoxy) is 2. The van der Waals surface area contributed by atoms with Crippen LogP contribution in [0.1, 0.15) is 78.2 Å². The van der Waals surface area contributed by atoms with Crippen molar-refractivity contribution >= 4 is 12.4 Å². The van der Waals surface area contributed by atoms with Gasteiger partial charge in [-0.25, -0.2) is 0 Å². The number of benzene rings is 2. The standard InChI is InChI=1S/C29H44N2O2.ClH/c1-28(2)21-25(22-29(3,4)31-28)30-19-11-6-5-7-12-20-32-26-15-17-27(18-16-26)33-23-24-13-9-8-10-14-24;/h8-10,13-18,25,30-31H,5-7,11-12,19-23H2,1-4H3;1H. The van der Waals surface area contributed by atoms with E-state index in [-0.39, 0.29) is 23.5 Å². The number of halogens is 1. The molecule has 0 aliphatic carbocycles. The van der Waals surface area contributed by atoms with Gasteiger partial charge in [-0.15, -0.1) is 12.4 Å². The fraction of sp³-hybridized carbons (Fsp3) is 0.586. The molecule has 2 N–H and O–H groups in total. The summed E-state index contributed by atoms with van der Waals surface area (Å²) in [6.07, 6.45) is 8.57. The van der Waals surface area contributed by atoms with E-state index in [1.165, 1.54) is 44.1 Å². The summed E-state index contributed by atoms with van der Waals surface area (Å²) in [6, 6.07) is 18.8. The molecule has 2 aromatic carbocycles. The maximum atomic E-state index is 5.90. The van der Waals surface area contributed by atoms with Crippen molar-refractivity contribution in [3.8, 4) is 11.5 Å². The molecule has 1 saturated heterocycles. The Morgan fingerprint density at radius 2 is 1.32 bits per heavy atom. The molecule has 0 saturated carbocycles. The summed E-state index contributed by atoms with van der Waals surface area (Å²) in [4.78, 5) is 0. The molecule has 0 atom stereocenters. The molecule has 0 amide bonds. The van der Waals surface area contributed by atoms with Crippen LogP contribution < -0.4 is 20.1 Å². The molecule has 0 unspecified atom stereocenters. The Bertz CT molecular complexity index is 793.